The summed E-state index contributed by atoms with van der Waals surface area (Å²) in [5.74, 6) is -1.53. The maximum Gasteiger partial charge on any atom is 0.326 e. The van der Waals surface area contributed by atoms with Gasteiger partial charge in [-0.2, -0.15) is 0 Å². The summed E-state index contributed by atoms with van der Waals surface area (Å²) in [6.45, 7) is 0.600. The number of rotatable bonds is 2. The van der Waals surface area contributed by atoms with E-state index in [9.17, 15) is 19.8 Å². The fourth-order valence-electron chi connectivity index (χ4n) is 3.14. The highest BCUT2D eigenvalue weighted by Gasteiger charge is 2.41. The Kier molecular flexibility index (Phi) is 3.55. The van der Waals surface area contributed by atoms with Crippen molar-refractivity contribution in [2.75, 3.05) is 18.4 Å². The third-order valence-electron chi connectivity index (χ3n) is 4.22. The van der Waals surface area contributed by atoms with Gasteiger partial charge in [-0.25, -0.2) is 4.79 Å². The van der Waals surface area contributed by atoms with E-state index in [1.165, 1.54) is 4.90 Å². The first kappa shape index (κ1) is 13.9. The number of amides is 1. The number of nitrogens with zero attached hydrogens (tertiary/aromatic N) is 1. The second kappa shape index (κ2) is 5.37. The van der Waals surface area contributed by atoms with Crippen LogP contribution in [0.2, 0.25) is 0 Å². The van der Waals surface area contributed by atoms with Gasteiger partial charge in [0.15, 0.2) is 0 Å². The Balaban J connectivity index is 1.76. The summed E-state index contributed by atoms with van der Waals surface area (Å²) in [5, 5.41) is 22.1. The SMILES string of the molecule is O=C(O)[C@@H]1C[C@@H](O)CN1C(=O)C1CNc2ccccc2C1. The zero-order valence-electron chi connectivity index (χ0n) is 11.5. The fourth-order valence-corrected chi connectivity index (χ4v) is 3.14. The maximum atomic E-state index is 12.6. The molecule has 1 unspecified atom stereocenters. The van der Waals surface area contributed by atoms with Crippen molar-refractivity contribution in [3.8, 4) is 0 Å². The molecule has 1 saturated heterocycles. The molecular weight excluding hydrogens is 272 g/mol. The van der Waals surface area contributed by atoms with Gasteiger partial charge < -0.3 is 20.4 Å². The number of likely N-dealkylation sites (tertiary alicyclic amines) is 1. The molecule has 6 nitrogen and oxygen atoms in total. The molecule has 0 aromatic heterocycles. The average molecular weight is 290 g/mol. The van der Waals surface area contributed by atoms with Gasteiger partial charge in [0.1, 0.15) is 6.04 Å². The molecule has 0 radical (unpaired) electrons. The Morgan fingerprint density at radius 1 is 1.29 bits per heavy atom. The van der Waals surface area contributed by atoms with Crippen molar-refractivity contribution < 1.29 is 19.8 Å². The van der Waals surface area contributed by atoms with Crippen LogP contribution in [-0.4, -0.2) is 52.2 Å². The van der Waals surface area contributed by atoms with Crippen molar-refractivity contribution in [3.05, 3.63) is 29.8 Å². The Bertz CT molecular complexity index is 575. The lowest BCUT2D eigenvalue weighted by Gasteiger charge is -2.30. The fraction of sp³-hybridized carbons (Fsp3) is 0.467. The molecular formula is C15H18N2O4. The van der Waals surface area contributed by atoms with Crippen LogP contribution in [0.4, 0.5) is 5.69 Å². The molecule has 2 heterocycles. The van der Waals surface area contributed by atoms with Crippen LogP contribution in [-0.2, 0) is 16.0 Å². The number of carboxylic acids is 1. The third-order valence-corrected chi connectivity index (χ3v) is 4.22. The van der Waals surface area contributed by atoms with Gasteiger partial charge in [-0.05, 0) is 18.1 Å². The predicted octanol–water partition coefficient (Wildman–Crippen LogP) is 0.317. The van der Waals surface area contributed by atoms with Gasteiger partial charge in [0.05, 0.1) is 12.0 Å². The standard InChI is InChI=1S/C15H18N2O4/c18-11-6-13(15(20)21)17(8-11)14(19)10-5-9-3-1-2-4-12(9)16-7-10/h1-4,10-11,13,16,18H,5-8H2,(H,20,21)/t10?,11-,13+/m1/s1. The van der Waals surface area contributed by atoms with Crippen LogP contribution >= 0.6 is 0 Å². The Morgan fingerprint density at radius 2 is 2.05 bits per heavy atom. The van der Waals surface area contributed by atoms with Crippen LogP contribution in [0.3, 0.4) is 0 Å². The number of carbonyl (C=O) groups is 2. The Labute approximate surface area is 122 Å². The normalized spacial score (nSPS) is 27.9. The number of para-hydroxylation sites is 1. The summed E-state index contributed by atoms with van der Waals surface area (Å²) in [6, 6.07) is 6.88. The van der Waals surface area contributed by atoms with E-state index in [1.807, 2.05) is 24.3 Å². The van der Waals surface area contributed by atoms with E-state index >= 15 is 0 Å². The maximum absolute atomic E-state index is 12.6. The number of carbonyl (C=O) groups excluding carboxylic acids is 1. The summed E-state index contributed by atoms with van der Waals surface area (Å²) in [5.41, 5.74) is 2.09. The monoisotopic (exact) mass is 290 g/mol. The molecule has 2 aliphatic rings. The van der Waals surface area contributed by atoms with Gasteiger partial charge in [0, 0.05) is 25.2 Å². The van der Waals surface area contributed by atoms with Gasteiger partial charge in [0.25, 0.3) is 0 Å². The number of hydrogen-bond acceptors (Lipinski definition) is 4. The molecule has 1 aromatic rings. The number of fused-ring (bicyclic) bond motifs is 1. The van der Waals surface area contributed by atoms with Crippen molar-refractivity contribution in [2.24, 2.45) is 5.92 Å². The predicted molar refractivity (Wildman–Crippen MR) is 75.9 cm³/mol. The third kappa shape index (κ3) is 2.58. The van der Waals surface area contributed by atoms with E-state index in [-0.39, 0.29) is 24.8 Å². The minimum atomic E-state index is -1.05. The largest absolute Gasteiger partial charge is 0.480 e. The number of anilines is 1. The number of carboxylic acid groups (broad SMARTS) is 1. The molecule has 2 aliphatic heterocycles. The second-order valence-corrected chi connectivity index (χ2v) is 5.67. The first-order chi connectivity index (χ1) is 10.1. The molecule has 1 amide bonds. The summed E-state index contributed by atoms with van der Waals surface area (Å²) in [6.07, 6.45) is -0.0439. The smallest absolute Gasteiger partial charge is 0.326 e. The molecule has 6 heteroatoms. The van der Waals surface area contributed by atoms with Gasteiger partial charge >= 0.3 is 5.97 Å². The quantitative estimate of drug-likeness (QED) is 0.730. The molecule has 0 bridgehead atoms. The van der Waals surface area contributed by atoms with Crippen molar-refractivity contribution in [1.82, 2.24) is 4.90 Å². The zero-order chi connectivity index (χ0) is 15.0. The second-order valence-electron chi connectivity index (χ2n) is 5.67. The lowest BCUT2D eigenvalue weighted by atomic mass is 9.92. The van der Waals surface area contributed by atoms with E-state index in [4.69, 9.17) is 0 Å². The summed E-state index contributed by atoms with van der Waals surface area (Å²) < 4.78 is 0. The van der Waals surface area contributed by atoms with Crippen molar-refractivity contribution in [1.29, 1.82) is 0 Å². The molecule has 21 heavy (non-hydrogen) atoms. The molecule has 0 aliphatic carbocycles. The molecule has 3 rings (SSSR count). The van der Waals surface area contributed by atoms with Crippen molar-refractivity contribution >= 4 is 17.6 Å². The Morgan fingerprint density at radius 3 is 2.81 bits per heavy atom. The van der Waals surface area contributed by atoms with Crippen molar-refractivity contribution in [3.63, 3.8) is 0 Å². The molecule has 3 N–H and O–H groups in total. The number of aliphatic carboxylic acids is 1. The number of aliphatic hydroxyl groups is 1. The molecule has 0 spiro atoms. The van der Waals surface area contributed by atoms with Gasteiger partial charge in [-0.15, -0.1) is 0 Å². The van der Waals surface area contributed by atoms with Crippen LogP contribution < -0.4 is 5.32 Å². The first-order valence-corrected chi connectivity index (χ1v) is 7.09. The summed E-state index contributed by atoms with van der Waals surface area (Å²) in [7, 11) is 0. The highest BCUT2D eigenvalue weighted by molar-refractivity contribution is 5.87. The van der Waals surface area contributed by atoms with Gasteiger partial charge in [-0.3, -0.25) is 4.79 Å². The molecule has 0 saturated carbocycles. The Hall–Kier alpha value is -2.08. The zero-order valence-corrected chi connectivity index (χ0v) is 11.5. The van der Waals surface area contributed by atoms with E-state index in [1.54, 1.807) is 0 Å². The highest BCUT2D eigenvalue weighted by atomic mass is 16.4. The summed E-state index contributed by atoms with van der Waals surface area (Å²) >= 11 is 0. The van der Waals surface area contributed by atoms with Crippen LogP contribution in [0.5, 0.6) is 0 Å². The molecule has 112 valence electrons. The lowest BCUT2D eigenvalue weighted by molar-refractivity contribution is -0.149. The van der Waals surface area contributed by atoms with Crippen LogP contribution in [0, 0.1) is 5.92 Å². The van der Waals surface area contributed by atoms with Crippen LogP contribution in [0.25, 0.3) is 0 Å². The van der Waals surface area contributed by atoms with Crippen LogP contribution in [0.15, 0.2) is 24.3 Å². The minimum absolute atomic E-state index is 0.105. The first-order valence-electron chi connectivity index (χ1n) is 7.09. The average Bonchev–Trinajstić information content (AvgIpc) is 2.88. The van der Waals surface area contributed by atoms with E-state index in [0.717, 1.165) is 11.3 Å². The van der Waals surface area contributed by atoms with E-state index in [2.05, 4.69) is 5.32 Å². The lowest BCUT2D eigenvalue weighted by Crippen LogP contribution is -2.46. The number of aliphatic hydroxyl groups excluding tert-OH is 1. The van der Waals surface area contributed by atoms with Gasteiger partial charge in [-0.1, -0.05) is 18.2 Å². The molecule has 1 aromatic carbocycles. The van der Waals surface area contributed by atoms with Gasteiger partial charge in [0.2, 0.25) is 5.91 Å². The molecule has 1 fully saturated rings. The molecule has 3 atom stereocenters. The van der Waals surface area contributed by atoms with E-state index < -0.39 is 18.1 Å². The minimum Gasteiger partial charge on any atom is -0.480 e. The number of β-amino-alcohol motifs (C(OH)–C–C–N with tert-alkyl or cyclic N) is 1. The number of nitrogens with one attached hydrogen (secondary N) is 1. The number of hydrogen-bond donors (Lipinski definition) is 3. The number of benzene rings is 1. The summed E-state index contributed by atoms with van der Waals surface area (Å²) in [4.78, 5) is 25.1. The van der Waals surface area contributed by atoms with E-state index in [0.29, 0.717) is 13.0 Å². The van der Waals surface area contributed by atoms with Crippen LogP contribution in [0.1, 0.15) is 12.0 Å². The topological polar surface area (TPSA) is 89.9 Å². The highest BCUT2D eigenvalue weighted by Crippen LogP contribution is 2.28. The van der Waals surface area contributed by atoms with Crippen molar-refractivity contribution in [2.45, 2.75) is 25.0 Å².